The highest BCUT2D eigenvalue weighted by Crippen LogP contribution is 2.57. The highest BCUT2D eigenvalue weighted by molar-refractivity contribution is 7.34. The molecule has 10 nitrogen and oxygen atoms in total. The normalized spacial score (nSPS) is 16.1. The predicted molar refractivity (Wildman–Crippen MR) is 423 cm³/mol. The fraction of sp³-hybridized carbons (Fsp3) is 0.500. The Labute approximate surface area is 623 Å². The summed E-state index contributed by atoms with van der Waals surface area (Å²) in [4.78, 5) is 38.5. The number of hydrogen-bond donors (Lipinski definition) is 0. The lowest BCUT2D eigenvalue weighted by Gasteiger charge is -2.20. The molecule has 0 amide bonds. The van der Waals surface area contributed by atoms with Crippen LogP contribution in [0.2, 0.25) is 0 Å². The molecule has 7 heterocycles. The third-order valence-corrected chi connectivity index (χ3v) is 27.6. The third-order valence-electron chi connectivity index (χ3n) is 21.9. The Morgan fingerprint density at radius 3 is 1.41 bits per heavy atom. The summed E-state index contributed by atoms with van der Waals surface area (Å²) in [7, 11) is 0. The molecule has 0 spiro atoms. The van der Waals surface area contributed by atoms with E-state index in [-0.39, 0.29) is 50.6 Å². The number of unbranched alkanes of at least 4 members (excludes halogenated alkanes) is 20. The Balaban J connectivity index is 1.11. The van der Waals surface area contributed by atoms with Gasteiger partial charge in [-0.25, -0.2) is 34.2 Å². The molecular formula is C84H92F4N8O2S5. The lowest BCUT2D eigenvalue weighted by Crippen LogP contribution is -2.14. The molecule has 19 heteroatoms. The van der Waals surface area contributed by atoms with Crippen LogP contribution in [-0.4, -0.2) is 35.5 Å². The quantitative estimate of drug-likeness (QED) is 0.0125. The number of carbonyl (C=O) groups excluding carboxylic acids is 2. The number of hydrogen-bond acceptors (Lipinski definition) is 11. The van der Waals surface area contributed by atoms with Gasteiger partial charge in [0.05, 0.1) is 74.6 Å². The minimum atomic E-state index is -1.35. The summed E-state index contributed by atoms with van der Waals surface area (Å²) in [5, 5.41) is 23.1. The maximum Gasteiger partial charge on any atom is 0.318 e. The maximum absolute atomic E-state index is 15.3. The zero-order chi connectivity index (χ0) is 72.6. The third kappa shape index (κ3) is 14.8. The van der Waals surface area contributed by atoms with E-state index >= 15 is 17.6 Å². The van der Waals surface area contributed by atoms with Crippen LogP contribution in [-0.2, 0) is 25.9 Å². The average molecular weight is 1480 g/mol. The molecule has 0 radical (unpaired) electrons. The molecule has 3 aromatic carbocycles. The van der Waals surface area contributed by atoms with Crippen LogP contribution in [0.1, 0.15) is 280 Å². The number of rotatable bonds is 37. The summed E-state index contributed by atoms with van der Waals surface area (Å²) in [5.74, 6) is -6.22. The molecule has 12 rings (SSSR count). The van der Waals surface area contributed by atoms with Gasteiger partial charge in [0.2, 0.25) is 0 Å². The number of ketones is 2. The number of aryl methyl sites for hydroxylation is 2. The first-order valence-electron chi connectivity index (χ1n) is 38.1. The number of carbonyl (C=O) groups is 2. The Morgan fingerprint density at radius 1 is 0.534 bits per heavy atom. The lowest BCUT2D eigenvalue weighted by atomic mass is 9.90. The second-order valence-electron chi connectivity index (χ2n) is 28.7. The molecule has 0 bridgehead atoms. The number of benzene rings is 3. The van der Waals surface area contributed by atoms with Crippen LogP contribution in [0.4, 0.5) is 17.6 Å². The van der Waals surface area contributed by atoms with Gasteiger partial charge in [-0.2, -0.15) is 14.0 Å². The lowest BCUT2D eigenvalue weighted by molar-refractivity contribution is 0.103. The van der Waals surface area contributed by atoms with Crippen LogP contribution in [0, 0.1) is 70.9 Å². The summed E-state index contributed by atoms with van der Waals surface area (Å²) >= 11 is 7.97. The van der Waals surface area contributed by atoms with Crippen LogP contribution >= 0.6 is 57.1 Å². The van der Waals surface area contributed by atoms with Crippen LogP contribution in [0.3, 0.4) is 0 Å². The molecule has 0 saturated heterocycles. The van der Waals surface area contributed by atoms with E-state index in [9.17, 15) is 20.1 Å². The van der Waals surface area contributed by atoms with E-state index in [4.69, 9.17) is 21.9 Å². The van der Waals surface area contributed by atoms with Crippen molar-refractivity contribution in [3.05, 3.63) is 130 Å². The van der Waals surface area contributed by atoms with Crippen molar-refractivity contribution in [2.75, 3.05) is 0 Å². The van der Waals surface area contributed by atoms with E-state index in [2.05, 4.69) is 66.4 Å². The summed E-state index contributed by atoms with van der Waals surface area (Å²) in [6.45, 7) is 31.2. The van der Waals surface area contributed by atoms with E-state index in [0.29, 0.717) is 31.8 Å². The molecule has 10 aromatic rings. The van der Waals surface area contributed by atoms with Gasteiger partial charge in [-0.1, -0.05) is 196 Å². The molecular weight excluding hydrogens is 1390 g/mol. The van der Waals surface area contributed by atoms with E-state index in [1.165, 1.54) is 88.8 Å². The van der Waals surface area contributed by atoms with E-state index in [0.717, 1.165) is 220 Å². The molecule has 2 aliphatic rings. The zero-order valence-electron chi connectivity index (χ0n) is 60.3. The second kappa shape index (κ2) is 34.3. The number of nitriles is 2. The fourth-order valence-corrected chi connectivity index (χ4v) is 22.7. The number of fused-ring (bicyclic) bond motifs is 16. The summed E-state index contributed by atoms with van der Waals surface area (Å²) < 4.78 is 83.3. The van der Waals surface area contributed by atoms with Gasteiger partial charge in [0, 0.05) is 61.5 Å². The van der Waals surface area contributed by atoms with Gasteiger partial charge >= 0.3 is 6.04 Å². The van der Waals surface area contributed by atoms with Gasteiger partial charge in [0.25, 0.3) is 5.70 Å². The average Bonchev–Trinajstić information content (AvgIpc) is 1.51. The summed E-state index contributed by atoms with van der Waals surface area (Å²) in [6, 6.07) is 6.48. The molecule has 538 valence electrons. The molecule has 2 aliphatic carbocycles. The number of Topliss-reactive ketones (excluding diaryl/α,β-unsaturated/α-hetero) is 2. The Morgan fingerprint density at radius 2 is 0.971 bits per heavy atom. The van der Waals surface area contributed by atoms with Gasteiger partial charge in [0.1, 0.15) is 17.0 Å². The number of thiophene rings is 4. The largest absolute Gasteiger partial charge is 0.337 e. The first kappa shape index (κ1) is 75.3. The van der Waals surface area contributed by atoms with Gasteiger partial charge in [-0.05, 0) is 109 Å². The Hall–Kier alpha value is -7.36. The summed E-state index contributed by atoms with van der Waals surface area (Å²) in [6.07, 6.45) is 36.3. The number of allylic oxidation sites excluding steroid dienone is 3. The number of halogens is 4. The van der Waals surface area contributed by atoms with Crippen molar-refractivity contribution >= 4 is 158 Å². The van der Waals surface area contributed by atoms with Crippen molar-refractivity contribution < 1.29 is 27.2 Å². The molecule has 103 heavy (non-hydrogen) atoms. The van der Waals surface area contributed by atoms with Gasteiger partial charge < -0.3 is 9.13 Å². The molecule has 4 unspecified atom stereocenters. The first-order valence-corrected chi connectivity index (χ1v) is 42.1. The minimum Gasteiger partial charge on any atom is -0.337 e. The topological polar surface area (TPSA) is 126 Å². The Bertz CT molecular complexity index is 5100. The van der Waals surface area contributed by atoms with Crippen LogP contribution in [0.5, 0.6) is 0 Å². The van der Waals surface area contributed by atoms with Crippen molar-refractivity contribution in [1.29, 1.82) is 10.5 Å². The van der Waals surface area contributed by atoms with Crippen molar-refractivity contribution in [3.8, 4) is 12.1 Å². The van der Waals surface area contributed by atoms with Crippen LogP contribution in [0.25, 0.3) is 99.5 Å². The van der Waals surface area contributed by atoms with E-state index in [1.54, 1.807) is 51.4 Å². The minimum absolute atomic E-state index is 0.0160. The van der Waals surface area contributed by atoms with Crippen molar-refractivity contribution in [1.82, 2.24) is 17.9 Å². The molecule has 4 atom stereocenters. The maximum atomic E-state index is 15.3. The van der Waals surface area contributed by atoms with Gasteiger partial charge in [0.15, 0.2) is 40.9 Å². The zero-order valence-corrected chi connectivity index (χ0v) is 64.4. The second-order valence-corrected chi connectivity index (χ2v) is 33.4. The number of nitrogens with zero attached hydrogens (tertiary/aromatic N) is 8. The van der Waals surface area contributed by atoms with Crippen molar-refractivity contribution in [2.45, 2.75) is 259 Å². The molecule has 0 aliphatic heterocycles. The van der Waals surface area contributed by atoms with Gasteiger partial charge in [-0.15, -0.1) is 45.3 Å². The smallest absolute Gasteiger partial charge is 0.318 e. The van der Waals surface area contributed by atoms with Crippen molar-refractivity contribution in [3.63, 3.8) is 0 Å². The highest BCUT2D eigenvalue weighted by atomic mass is 32.1. The van der Waals surface area contributed by atoms with E-state index < -0.39 is 46.8 Å². The molecule has 7 aromatic heterocycles. The molecule has 0 fully saturated rings. The standard InChI is InChI=1S/C84H92F4N8O2S5/c1-9-15-19-21-23-25-27-29-31-33-37-51-65(43-57-67(63(45-89)91-7)53-39-59(85)61(87)41-55(53)77(57)97)99-83-75-81(101-79(51)83)69-71-72(94-103-93-71)70-74(73(69)95(75)47-49(13-5)35-17-11-3)96(48-50(14-6)36-18-12-4)76-82(70)102-80-52(38-34-32-30-28-26-24-22-20-16-10-2)66(100-84(76)80)44-58-68(64(46-90)92-8)54-40-60(86)62(88)42-56(54)78(58)98/h39-44,49-50,63,67H,9-38,47-48H2,1-6H3/b57-43-,58-44-,68-64+. The molecule has 0 N–H and O–H groups in total. The number of aromatic nitrogens is 4. The fourth-order valence-electron chi connectivity index (χ4n) is 16.3. The SMILES string of the molecule is [C-]#[N+]/C(C#N)=C1/C(=C/c2sc3c(sc4c5c6nsnc6c6c7sc8c(CCCCCCCCCCCC)c(/C=C9\C(=O)c%10cc(F)c(F)cc%10C9C(C#N)[N+]#[C-])sc8c7n(CC(CC)CCCC)c6c5n(CC(CC)CCCC)c34)c2CCCCCCCCCCCC)C(=O)c2cc(F)c(F)cc21. The monoisotopic (exact) mass is 1480 g/mol. The first-order chi connectivity index (χ1) is 50.2. The Kier molecular flexibility index (Phi) is 25.1. The summed E-state index contributed by atoms with van der Waals surface area (Å²) in [5.41, 5.74) is 8.19. The predicted octanol–water partition coefficient (Wildman–Crippen LogP) is 27.0. The molecule has 0 saturated carbocycles. The van der Waals surface area contributed by atoms with Crippen molar-refractivity contribution in [2.24, 2.45) is 11.8 Å². The van der Waals surface area contributed by atoms with Gasteiger partial charge in [-0.3, -0.25) is 14.4 Å². The van der Waals surface area contributed by atoms with Crippen LogP contribution < -0.4 is 0 Å². The van der Waals surface area contributed by atoms with E-state index in [1.807, 2.05) is 12.1 Å². The van der Waals surface area contributed by atoms with Crippen LogP contribution in [0.15, 0.2) is 41.1 Å². The highest BCUT2D eigenvalue weighted by Gasteiger charge is 2.45.